The maximum absolute atomic E-state index is 12.2. The second kappa shape index (κ2) is 9.48. The number of Topliss-reactive ketones (excluding diaryl/α,β-unsaturated/α-hetero) is 1. The van der Waals surface area contributed by atoms with Crippen LogP contribution in [0.4, 0.5) is 0 Å². The molecular weight excluding hydrogens is 294 g/mol. The van der Waals surface area contributed by atoms with Crippen LogP contribution in [0.25, 0.3) is 0 Å². The second-order valence-corrected chi connectivity index (χ2v) is 6.46. The van der Waals surface area contributed by atoms with E-state index in [1.165, 1.54) is 0 Å². The summed E-state index contributed by atoms with van der Waals surface area (Å²) in [6, 6.07) is -0.858. The minimum atomic E-state index is -1.00. The van der Waals surface area contributed by atoms with Crippen molar-refractivity contribution in [2.24, 2.45) is 17.8 Å². The molecule has 0 aromatic rings. The lowest BCUT2D eigenvalue weighted by molar-refractivity contribution is -0.143. The molecule has 23 heavy (non-hydrogen) atoms. The monoisotopic (exact) mass is 323 g/mol. The van der Waals surface area contributed by atoms with Gasteiger partial charge in [0.25, 0.3) is 0 Å². The molecule has 0 spiro atoms. The van der Waals surface area contributed by atoms with Crippen molar-refractivity contribution >= 4 is 17.7 Å². The van der Waals surface area contributed by atoms with Gasteiger partial charge in [-0.15, -0.1) is 0 Å². The Morgan fingerprint density at radius 3 is 2.61 bits per heavy atom. The maximum atomic E-state index is 12.2. The van der Waals surface area contributed by atoms with Crippen LogP contribution in [0.3, 0.4) is 0 Å². The zero-order valence-electron chi connectivity index (χ0n) is 14.4. The molecule has 0 aliphatic heterocycles. The first-order chi connectivity index (χ1) is 10.9. The van der Waals surface area contributed by atoms with Crippen molar-refractivity contribution in [3.8, 4) is 0 Å². The van der Waals surface area contributed by atoms with Crippen LogP contribution in [0.1, 0.15) is 59.3 Å². The topological polar surface area (TPSA) is 83.5 Å². The smallest absolute Gasteiger partial charge is 0.326 e. The second-order valence-electron chi connectivity index (χ2n) is 6.46. The van der Waals surface area contributed by atoms with E-state index in [2.05, 4.69) is 5.32 Å². The van der Waals surface area contributed by atoms with Gasteiger partial charge in [0.15, 0.2) is 0 Å². The fourth-order valence-corrected chi connectivity index (χ4v) is 3.11. The third kappa shape index (κ3) is 5.81. The largest absolute Gasteiger partial charge is 0.480 e. The quantitative estimate of drug-likeness (QED) is 0.639. The van der Waals surface area contributed by atoms with Gasteiger partial charge < -0.3 is 10.4 Å². The van der Waals surface area contributed by atoms with E-state index >= 15 is 0 Å². The van der Waals surface area contributed by atoms with Crippen LogP contribution in [0, 0.1) is 17.8 Å². The van der Waals surface area contributed by atoms with Crippen LogP contribution >= 0.6 is 0 Å². The lowest BCUT2D eigenvalue weighted by Crippen LogP contribution is -2.45. The van der Waals surface area contributed by atoms with Gasteiger partial charge in [0, 0.05) is 18.8 Å². The van der Waals surface area contributed by atoms with E-state index < -0.39 is 12.0 Å². The minimum absolute atomic E-state index is 0.0235. The molecule has 1 unspecified atom stereocenters. The molecule has 4 atom stereocenters. The Hall–Kier alpha value is -1.65. The Bertz CT molecular complexity index is 458. The molecule has 0 saturated heterocycles. The fourth-order valence-electron chi connectivity index (χ4n) is 3.11. The number of allylic oxidation sites excluding steroid dienone is 2. The Kier molecular flexibility index (Phi) is 8.00. The van der Waals surface area contributed by atoms with Crippen LogP contribution in [0.2, 0.25) is 0 Å². The number of carbonyl (C=O) groups is 3. The summed E-state index contributed by atoms with van der Waals surface area (Å²) in [5.41, 5.74) is 0. The molecule has 0 bridgehead atoms. The summed E-state index contributed by atoms with van der Waals surface area (Å²) in [5, 5.41) is 11.9. The van der Waals surface area contributed by atoms with Crippen LogP contribution in [0.5, 0.6) is 0 Å². The summed E-state index contributed by atoms with van der Waals surface area (Å²) in [5.74, 6) is -1.24. The first kappa shape index (κ1) is 19.4. The highest BCUT2D eigenvalue weighted by molar-refractivity contribution is 5.87. The maximum Gasteiger partial charge on any atom is 0.326 e. The van der Waals surface area contributed by atoms with Crippen molar-refractivity contribution in [2.75, 3.05) is 0 Å². The van der Waals surface area contributed by atoms with Gasteiger partial charge in [-0.05, 0) is 31.1 Å². The van der Waals surface area contributed by atoms with Gasteiger partial charge in [0.1, 0.15) is 11.8 Å². The number of aliphatic carboxylic acids is 1. The highest BCUT2D eigenvalue weighted by Crippen LogP contribution is 2.34. The van der Waals surface area contributed by atoms with Crippen molar-refractivity contribution in [2.45, 2.75) is 65.3 Å². The average Bonchev–Trinajstić information content (AvgIpc) is 2.84. The van der Waals surface area contributed by atoms with Crippen LogP contribution < -0.4 is 5.32 Å². The van der Waals surface area contributed by atoms with Crippen molar-refractivity contribution in [1.82, 2.24) is 5.32 Å². The molecule has 1 aliphatic carbocycles. The molecule has 0 aromatic carbocycles. The molecule has 1 saturated carbocycles. The van der Waals surface area contributed by atoms with Gasteiger partial charge in [0.2, 0.25) is 5.91 Å². The number of ketones is 1. The van der Waals surface area contributed by atoms with Crippen molar-refractivity contribution in [3.05, 3.63) is 12.2 Å². The number of rotatable bonds is 9. The lowest BCUT2D eigenvalue weighted by atomic mass is 9.89. The van der Waals surface area contributed by atoms with Gasteiger partial charge in [-0.1, -0.05) is 39.3 Å². The van der Waals surface area contributed by atoms with Gasteiger partial charge in [-0.2, -0.15) is 0 Å². The normalized spacial score (nSPS) is 23.9. The number of hydrogen-bond donors (Lipinski definition) is 2. The summed E-state index contributed by atoms with van der Waals surface area (Å²) in [6.45, 7) is 5.76. The van der Waals surface area contributed by atoms with E-state index in [4.69, 9.17) is 0 Å². The molecule has 130 valence electrons. The summed E-state index contributed by atoms with van der Waals surface area (Å²) >= 11 is 0. The molecule has 0 radical (unpaired) electrons. The van der Waals surface area contributed by atoms with Crippen LogP contribution in [-0.2, 0) is 14.4 Å². The Morgan fingerprint density at radius 2 is 2.04 bits per heavy atom. The average molecular weight is 323 g/mol. The SMILES string of the molecule is CC/C=C\C[C@H]1C(=O)CC[C@@H]1CC(=O)N[C@H](C(=O)O)C(C)CC. The van der Waals surface area contributed by atoms with Gasteiger partial charge in [0.05, 0.1) is 0 Å². The highest BCUT2D eigenvalue weighted by atomic mass is 16.4. The summed E-state index contributed by atoms with van der Waals surface area (Å²) < 4.78 is 0. The highest BCUT2D eigenvalue weighted by Gasteiger charge is 2.35. The van der Waals surface area contributed by atoms with Crippen LogP contribution in [0.15, 0.2) is 12.2 Å². The van der Waals surface area contributed by atoms with E-state index in [9.17, 15) is 19.5 Å². The van der Waals surface area contributed by atoms with Gasteiger partial charge in [-0.25, -0.2) is 4.79 Å². The predicted octanol–water partition coefficient (Wildman–Crippen LogP) is 2.94. The summed E-state index contributed by atoms with van der Waals surface area (Å²) in [4.78, 5) is 35.5. The fraction of sp³-hybridized carbons (Fsp3) is 0.722. The Balaban J connectivity index is 2.62. The predicted molar refractivity (Wildman–Crippen MR) is 88.9 cm³/mol. The lowest BCUT2D eigenvalue weighted by Gasteiger charge is -2.22. The van der Waals surface area contributed by atoms with E-state index in [1.807, 2.05) is 32.9 Å². The molecular formula is C18H29NO4. The van der Waals surface area contributed by atoms with Crippen molar-refractivity contribution in [3.63, 3.8) is 0 Å². The number of carbonyl (C=O) groups excluding carboxylic acids is 2. The number of nitrogens with one attached hydrogen (secondary N) is 1. The molecule has 1 amide bonds. The number of amides is 1. The van der Waals surface area contributed by atoms with E-state index in [0.29, 0.717) is 19.3 Å². The van der Waals surface area contributed by atoms with E-state index in [1.54, 1.807) is 0 Å². The summed E-state index contributed by atoms with van der Waals surface area (Å²) in [7, 11) is 0. The first-order valence-electron chi connectivity index (χ1n) is 8.60. The summed E-state index contributed by atoms with van der Waals surface area (Å²) in [6.07, 6.45) is 7.82. The number of carboxylic acids is 1. The molecule has 0 heterocycles. The molecule has 5 heteroatoms. The van der Waals surface area contributed by atoms with E-state index in [-0.39, 0.29) is 35.9 Å². The molecule has 1 rings (SSSR count). The van der Waals surface area contributed by atoms with Crippen molar-refractivity contribution in [1.29, 1.82) is 0 Å². The third-order valence-electron chi connectivity index (χ3n) is 4.78. The Labute approximate surface area is 138 Å². The molecule has 1 fully saturated rings. The zero-order chi connectivity index (χ0) is 17.4. The molecule has 2 N–H and O–H groups in total. The number of hydrogen-bond acceptors (Lipinski definition) is 3. The third-order valence-corrected chi connectivity index (χ3v) is 4.78. The van der Waals surface area contributed by atoms with E-state index in [0.717, 1.165) is 12.8 Å². The molecule has 1 aliphatic rings. The number of carboxylic acid groups (broad SMARTS) is 1. The first-order valence-corrected chi connectivity index (χ1v) is 8.60. The zero-order valence-corrected chi connectivity index (χ0v) is 14.4. The van der Waals surface area contributed by atoms with Crippen molar-refractivity contribution < 1.29 is 19.5 Å². The molecule has 5 nitrogen and oxygen atoms in total. The molecule has 0 aromatic heterocycles. The van der Waals surface area contributed by atoms with Gasteiger partial charge >= 0.3 is 5.97 Å². The Morgan fingerprint density at radius 1 is 1.35 bits per heavy atom. The minimum Gasteiger partial charge on any atom is -0.480 e. The van der Waals surface area contributed by atoms with Crippen LogP contribution in [-0.4, -0.2) is 28.8 Å². The van der Waals surface area contributed by atoms with Gasteiger partial charge in [-0.3, -0.25) is 9.59 Å². The standard InChI is InChI=1S/C18H29NO4/c1-4-6-7-8-14-13(9-10-15(14)20)11-16(21)19-17(18(22)23)12(3)5-2/h6-7,12-14,17H,4-5,8-11H2,1-3H3,(H,19,21)(H,22,23)/b7-6-/t12?,13-,14-,17+/m1/s1.